The van der Waals surface area contributed by atoms with Crippen molar-refractivity contribution in [2.24, 2.45) is 0 Å². The van der Waals surface area contributed by atoms with Crippen molar-refractivity contribution < 1.29 is 4.79 Å². The number of hydrogen-bond donors (Lipinski definition) is 1. The van der Waals surface area contributed by atoms with E-state index in [4.69, 9.17) is 0 Å². The molecule has 1 aromatic carbocycles. The Balaban J connectivity index is 1.60. The summed E-state index contributed by atoms with van der Waals surface area (Å²) in [6.07, 6.45) is 7.08. The lowest BCUT2D eigenvalue weighted by atomic mass is 10.00. The molecule has 1 N–H and O–H groups in total. The molecule has 1 aromatic heterocycles. The summed E-state index contributed by atoms with van der Waals surface area (Å²) in [6.45, 7) is 5.36. The molecule has 0 radical (unpaired) electrons. The van der Waals surface area contributed by atoms with E-state index in [1.807, 2.05) is 43.3 Å². The maximum Gasteiger partial charge on any atom is 0.228 e. The van der Waals surface area contributed by atoms with Crippen LogP contribution in [0.3, 0.4) is 0 Å². The molecular weight excluding hydrogens is 310 g/mol. The van der Waals surface area contributed by atoms with Gasteiger partial charge in [0.2, 0.25) is 5.91 Å². The van der Waals surface area contributed by atoms with Gasteiger partial charge in [0.1, 0.15) is 5.82 Å². The topological polar surface area (TPSA) is 45.2 Å². The zero-order valence-electron chi connectivity index (χ0n) is 15.2. The number of nitrogens with one attached hydrogen (secondary N) is 1. The van der Waals surface area contributed by atoms with Crippen molar-refractivity contribution >= 4 is 17.4 Å². The quantitative estimate of drug-likeness (QED) is 0.883. The Morgan fingerprint density at radius 1 is 1.20 bits per heavy atom. The average molecular weight is 337 g/mol. The summed E-state index contributed by atoms with van der Waals surface area (Å²) in [5, 5.41) is 2.94. The molecule has 2 heterocycles. The minimum atomic E-state index is -0.0113. The van der Waals surface area contributed by atoms with E-state index in [0.29, 0.717) is 12.5 Å². The van der Waals surface area contributed by atoms with Gasteiger partial charge in [-0.3, -0.25) is 4.79 Å². The van der Waals surface area contributed by atoms with Gasteiger partial charge in [-0.15, -0.1) is 0 Å². The van der Waals surface area contributed by atoms with E-state index in [1.165, 1.54) is 24.8 Å². The highest BCUT2D eigenvalue weighted by atomic mass is 16.1. The van der Waals surface area contributed by atoms with Crippen molar-refractivity contribution in [3.63, 3.8) is 0 Å². The van der Waals surface area contributed by atoms with E-state index in [1.54, 1.807) is 6.20 Å². The molecule has 1 aliphatic heterocycles. The monoisotopic (exact) mass is 337 g/mol. The number of hydrogen-bond acceptors (Lipinski definition) is 3. The molecule has 1 aliphatic rings. The Morgan fingerprint density at radius 2 is 2.00 bits per heavy atom. The number of amides is 1. The predicted octanol–water partition coefficient (Wildman–Crippen LogP) is 4.34. The maximum atomic E-state index is 12.2. The van der Waals surface area contributed by atoms with Gasteiger partial charge in [0.25, 0.3) is 0 Å². The summed E-state index contributed by atoms with van der Waals surface area (Å²) in [5.74, 6) is 1.01. The molecule has 2 aromatic rings. The Hall–Kier alpha value is -2.36. The number of aromatic nitrogens is 1. The molecule has 3 rings (SSSR count). The molecule has 25 heavy (non-hydrogen) atoms. The second-order valence-electron chi connectivity index (χ2n) is 6.87. The molecule has 1 atom stereocenters. The smallest absolute Gasteiger partial charge is 0.228 e. The molecule has 0 aliphatic carbocycles. The van der Waals surface area contributed by atoms with Gasteiger partial charge in [0, 0.05) is 12.6 Å². The minimum Gasteiger partial charge on any atom is -0.354 e. The van der Waals surface area contributed by atoms with Crippen LogP contribution >= 0.6 is 0 Å². The zero-order valence-corrected chi connectivity index (χ0v) is 15.2. The Bertz CT molecular complexity index is 694. The summed E-state index contributed by atoms with van der Waals surface area (Å²) < 4.78 is 0. The van der Waals surface area contributed by atoms with Crippen LogP contribution < -0.4 is 10.2 Å². The van der Waals surface area contributed by atoms with Gasteiger partial charge in [-0.1, -0.05) is 36.8 Å². The van der Waals surface area contributed by atoms with E-state index < -0.39 is 0 Å². The Labute approximate surface area is 150 Å². The van der Waals surface area contributed by atoms with Gasteiger partial charge in [-0.05, 0) is 50.3 Å². The van der Waals surface area contributed by atoms with E-state index in [2.05, 4.69) is 22.1 Å². The van der Waals surface area contributed by atoms with Crippen molar-refractivity contribution in [2.45, 2.75) is 52.0 Å². The van der Waals surface area contributed by atoms with Gasteiger partial charge in [-0.2, -0.15) is 0 Å². The fourth-order valence-electron chi connectivity index (χ4n) is 3.45. The highest BCUT2D eigenvalue weighted by molar-refractivity contribution is 5.92. The van der Waals surface area contributed by atoms with Crippen LogP contribution in [-0.4, -0.2) is 23.5 Å². The van der Waals surface area contributed by atoms with Crippen molar-refractivity contribution in [3.8, 4) is 0 Å². The number of carbonyl (C=O) groups excluding carboxylic acids is 1. The molecule has 0 spiro atoms. The number of aryl methyl sites for hydroxylation is 1. The van der Waals surface area contributed by atoms with Crippen molar-refractivity contribution in [2.75, 3.05) is 16.8 Å². The number of rotatable bonds is 5. The van der Waals surface area contributed by atoms with Crippen LogP contribution in [0.15, 0.2) is 42.6 Å². The molecule has 4 heteroatoms. The number of anilines is 2. The van der Waals surface area contributed by atoms with Crippen molar-refractivity contribution in [1.29, 1.82) is 0 Å². The first-order valence-electron chi connectivity index (χ1n) is 9.24. The number of pyridine rings is 1. The van der Waals surface area contributed by atoms with E-state index >= 15 is 0 Å². The maximum absolute atomic E-state index is 12.2. The normalized spacial score (nSPS) is 17.4. The largest absolute Gasteiger partial charge is 0.354 e. The van der Waals surface area contributed by atoms with Crippen LogP contribution in [0.25, 0.3) is 0 Å². The predicted molar refractivity (Wildman–Crippen MR) is 103 cm³/mol. The fraction of sp³-hybridized carbons (Fsp3) is 0.429. The van der Waals surface area contributed by atoms with Crippen LogP contribution in [0.2, 0.25) is 0 Å². The number of carbonyl (C=O) groups is 1. The van der Waals surface area contributed by atoms with Crippen molar-refractivity contribution in [3.05, 3.63) is 53.7 Å². The zero-order chi connectivity index (χ0) is 17.6. The molecular formula is C21H27N3O. The lowest BCUT2D eigenvalue weighted by molar-refractivity contribution is -0.115. The first-order chi connectivity index (χ1) is 12.2. The van der Waals surface area contributed by atoms with E-state index in [9.17, 15) is 4.79 Å². The lowest BCUT2D eigenvalue weighted by Crippen LogP contribution is -2.39. The van der Waals surface area contributed by atoms with Crippen LogP contribution in [-0.2, 0) is 11.2 Å². The Morgan fingerprint density at radius 3 is 2.68 bits per heavy atom. The second kappa shape index (κ2) is 8.15. The van der Waals surface area contributed by atoms with E-state index in [0.717, 1.165) is 30.0 Å². The average Bonchev–Trinajstić information content (AvgIpc) is 2.64. The van der Waals surface area contributed by atoms with Gasteiger partial charge < -0.3 is 10.2 Å². The molecule has 1 unspecified atom stereocenters. The number of benzene rings is 1. The molecule has 0 bridgehead atoms. The van der Waals surface area contributed by atoms with Gasteiger partial charge >= 0.3 is 0 Å². The number of nitrogens with zero attached hydrogens (tertiary/aromatic N) is 2. The molecule has 1 fully saturated rings. The third-order valence-electron chi connectivity index (χ3n) is 4.91. The van der Waals surface area contributed by atoms with Gasteiger partial charge in [0.15, 0.2) is 0 Å². The van der Waals surface area contributed by atoms with Gasteiger partial charge in [0.05, 0.1) is 18.3 Å². The third-order valence-corrected chi connectivity index (χ3v) is 4.91. The first kappa shape index (κ1) is 17.5. The van der Waals surface area contributed by atoms with Crippen LogP contribution in [0.5, 0.6) is 0 Å². The number of piperidine rings is 1. The SMILES string of the molecule is CCC1CCCCN1c1ccc(NC(=O)Cc2ccc(C)cc2)cn1. The molecule has 4 nitrogen and oxygen atoms in total. The highest BCUT2D eigenvalue weighted by Gasteiger charge is 2.21. The summed E-state index contributed by atoms with van der Waals surface area (Å²) >= 11 is 0. The lowest BCUT2D eigenvalue weighted by Gasteiger charge is -2.36. The van der Waals surface area contributed by atoms with Crippen LogP contribution in [0, 0.1) is 6.92 Å². The molecule has 0 saturated carbocycles. The van der Waals surface area contributed by atoms with Crippen LogP contribution in [0.4, 0.5) is 11.5 Å². The Kier molecular flexibility index (Phi) is 5.69. The van der Waals surface area contributed by atoms with E-state index in [-0.39, 0.29) is 5.91 Å². The summed E-state index contributed by atoms with van der Waals surface area (Å²) in [6, 6.07) is 12.6. The van der Waals surface area contributed by atoms with Crippen molar-refractivity contribution in [1.82, 2.24) is 4.98 Å². The summed E-state index contributed by atoms with van der Waals surface area (Å²) in [4.78, 5) is 19.2. The highest BCUT2D eigenvalue weighted by Crippen LogP contribution is 2.25. The first-order valence-corrected chi connectivity index (χ1v) is 9.24. The molecule has 132 valence electrons. The van der Waals surface area contributed by atoms with Gasteiger partial charge in [-0.25, -0.2) is 4.98 Å². The second-order valence-corrected chi connectivity index (χ2v) is 6.87. The molecule has 1 amide bonds. The van der Waals surface area contributed by atoms with Crippen LogP contribution in [0.1, 0.15) is 43.7 Å². The summed E-state index contributed by atoms with van der Waals surface area (Å²) in [5.41, 5.74) is 2.98. The standard InChI is InChI=1S/C21H27N3O/c1-3-19-6-4-5-13-24(19)20-12-11-18(15-22-20)23-21(25)14-17-9-7-16(2)8-10-17/h7-12,15,19H,3-6,13-14H2,1-2H3,(H,23,25). The third kappa shape index (κ3) is 4.59. The fourth-order valence-corrected chi connectivity index (χ4v) is 3.45. The minimum absolute atomic E-state index is 0.0113. The molecule has 1 saturated heterocycles. The summed E-state index contributed by atoms with van der Waals surface area (Å²) in [7, 11) is 0.